The smallest absolute Gasteiger partial charge is 0.237 e. The van der Waals surface area contributed by atoms with Crippen molar-refractivity contribution in [3.63, 3.8) is 0 Å². The SMILES string of the molecule is CCCCCCCCC[n+]1ccn(CCCCCCCCCCCCCCCCn2cc[n+](CCCCCCCCC)c2)c1. The highest BCUT2D eigenvalue weighted by molar-refractivity contribution is 4.67. The molecule has 0 amide bonds. The van der Waals surface area contributed by atoms with Gasteiger partial charge in [0.15, 0.2) is 0 Å². The lowest BCUT2D eigenvalue weighted by atomic mass is 10.0. The Morgan fingerprint density at radius 3 is 0.932 bits per heavy atom. The van der Waals surface area contributed by atoms with Gasteiger partial charge < -0.3 is 0 Å². The Kier molecular flexibility index (Phi) is 25.3. The average molecular weight is 613 g/mol. The van der Waals surface area contributed by atoms with Gasteiger partial charge in [-0.2, -0.15) is 0 Å². The van der Waals surface area contributed by atoms with Crippen LogP contribution in [0.2, 0.25) is 0 Å². The van der Waals surface area contributed by atoms with Crippen LogP contribution in [0, 0.1) is 0 Å². The molecule has 0 saturated carbocycles. The zero-order valence-electron chi connectivity index (χ0n) is 29.9. The molecule has 0 atom stereocenters. The van der Waals surface area contributed by atoms with E-state index in [9.17, 15) is 0 Å². The molecule has 0 N–H and O–H groups in total. The summed E-state index contributed by atoms with van der Waals surface area (Å²) in [7, 11) is 0. The quantitative estimate of drug-likeness (QED) is 0.0563. The van der Waals surface area contributed by atoms with Crippen LogP contribution in [0.3, 0.4) is 0 Å². The summed E-state index contributed by atoms with van der Waals surface area (Å²) in [6.45, 7) is 9.35. The molecule has 4 nitrogen and oxygen atoms in total. The van der Waals surface area contributed by atoms with Gasteiger partial charge in [-0.3, -0.25) is 0 Å². The van der Waals surface area contributed by atoms with Gasteiger partial charge in [0.05, 0.1) is 26.2 Å². The van der Waals surface area contributed by atoms with Gasteiger partial charge in [-0.05, 0) is 51.4 Å². The molecule has 0 unspecified atom stereocenters. The van der Waals surface area contributed by atoms with Crippen molar-refractivity contribution in [1.82, 2.24) is 9.13 Å². The maximum Gasteiger partial charge on any atom is 0.243 e. The second kappa shape index (κ2) is 28.9. The molecular weight excluding hydrogens is 536 g/mol. The monoisotopic (exact) mass is 613 g/mol. The van der Waals surface area contributed by atoms with E-state index >= 15 is 0 Å². The van der Waals surface area contributed by atoms with E-state index in [0.717, 1.165) is 0 Å². The van der Waals surface area contributed by atoms with Gasteiger partial charge in [0.1, 0.15) is 24.8 Å². The summed E-state index contributed by atoms with van der Waals surface area (Å²) < 4.78 is 9.58. The van der Waals surface area contributed by atoms with E-state index in [2.05, 4.69) is 69.6 Å². The van der Waals surface area contributed by atoms with E-state index < -0.39 is 0 Å². The molecule has 4 heteroatoms. The molecule has 0 aliphatic rings. The highest BCUT2D eigenvalue weighted by Gasteiger charge is 2.05. The maximum atomic E-state index is 2.40. The lowest BCUT2D eigenvalue weighted by molar-refractivity contribution is -0.697. The normalized spacial score (nSPS) is 11.6. The minimum atomic E-state index is 1.19. The standard InChI is InChI=1S/C40H76N4/c1-3-5-7-9-19-23-27-31-41-35-37-43(39-41)33-29-25-21-17-15-13-11-12-14-16-18-22-26-30-34-44-38-36-42(40-44)32-28-24-20-10-8-6-4-2/h35-40H,3-34H2,1-2H3/q+2. The van der Waals surface area contributed by atoms with E-state index in [-0.39, 0.29) is 0 Å². The van der Waals surface area contributed by atoms with Gasteiger partial charge in [-0.15, -0.1) is 0 Å². The first-order valence-electron chi connectivity index (χ1n) is 19.9. The number of aryl methyl sites for hydroxylation is 4. The Morgan fingerprint density at radius 2 is 0.614 bits per heavy atom. The van der Waals surface area contributed by atoms with E-state index in [1.807, 2.05) is 0 Å². The summed E-state index contributed by atoms with van der Waals surface area (Å²) >= 11 is 0. The summed E-state index contributed by atoms with van der Waals surface area (Å²) in [4.78, 5) is 0. The van der Waals surface area contributed by atoms with Crippen molar-refractivity contribution in [2.45, 2.75) is 220 Å². The minimum Gasteiger partial charge on any atom is -0.237 e. The average Bonchev–Trinajstić information content (AvgIpc) is 3.69. The van der Waals surface area contributed by atoms with Gasteiger partial charge in [0, 0.05) is 0 Å². The number of rotatable bonds is 33. The number of unbranched alkanes of at least 4 members (excludes halogenated alkanes) is 25. The minimum absolute atomic E-state index is 1.19. The Hall–Kier alpha value is -1.58. The lowest BCUT2D eigenvalue weighted by Crippen LogP contribution is -2.30. The lowest BCUT2D eigenvalue weighted by Gasteiger charge is -2.03. The number of aromatic nitrogens is 4. The predicted molar refractivity (Wildman–Crippen MR) is 190 cm³/mol. The Balaban J connectivity index is 1.28. The summed E-state index contributed by atoms with van der Waals surface area (Å²) in [5.74, 6) is 0. The number of nitrogens with zero attached hydrogens (tertiary/aromatic N) is 4. The highest BCUT2D eigenvalue weighted by atomic mass is 15.1. The molecule has 0 aliphatic carbocycles. The van der Waals surface area contributed by atoms with Crippen LogP contribution in [0.1, 0.15) is 194 Å². The molecule has 254 valence electrons. The fourth-order valence-corrected chi connectivity index (χ4v) is 6.62. The van der Waals surface area contributed by atoms with Crippen LogP contribution >= 0.6 is 0 Å². The van der Waals surface area contributed by atoms with E-state index in [0.29, 0.717) is 0 Å². The molecule has 0 aliphatic heterocycles. The Morgan fingerprint density at radius 1 is 0.341 bits per heavy atom. The van der Waals surface area contributed by atoms with Crippen LogP contribution in [0.15, 0.2) is 37.4 Å². The van der Waals surface area contributed by atoms with E-state index in [1.165, 1.54) is 206 Å². The zero-order chi connectivity index (χ0) is 31.2. The molecule has 2 aromatic rings. The molecule has 2 rings (SSSR count). The summed E-state index contributed by atoms with van der Waals surface area (Å²) in [6.07, 6.45) is 53.1. The summed E-state index contributed by atoms with van der Waals surface area (Å²) in [5.41, 5.74) is 0. The van der Waals surface area contributed by atoms with Gasteiger partial charge >= 0.3 is 0 Å². The van der Waals surface area contributed by atoms with Gasteiger partial charge in [0.2, 0.25) is 12.7 Å². The molecule has 2 heterocycles. The molecule has 0 bridgehead atoms. The van der Waals surface area contributed by atoms with E-state index in [1.54, 1.807) is 0 Å². The third-order valence-corrected chi connectivity index (χ3v) is 9.61. The second-order valence-corrected chi connectivity index (χ2v) is 14.0. The summed E-state index contributed by atoms with van der Waals surface area (Å²) in [6, 6.07) is 0. The van der Waals surface area contributed by atoms with Crippen LogP contribution in [0.5, 0.6) is 0 Å². The van der Waals surface area contributed by atoms with Crippen molar-refractivity contribution in [1.29, 1.82) is 0 Å². The molecular formula is C40H76N4+2. The maximum absolute atomic E-state index is 2.40. The van der Waals surface area contributed by atoms with Gasteiger partial charge in [-0.25, -0.2) is 18.3 Å². The fraction of sp³-hybridized carbons (Fsp3) is 0.850. The first kappa shape index (κ1) is 38.6. The molecule has 0 radical (unpaired) electrons. The first-order chi connectivity index (χ1) is 21.8. The van der Waals surface area contributed by atoms with Crippen molar-refractivity contribution in [3.8, 4) is 0 Å². The number of hydrogen-bond donors (Lipinski definition) is 0. The highest BCUT2D eigenvalue weighted by Crippen LogP contribution is 2.14. The molecule has 0 saturated heterocycles. The largest absolute Gasteiger partial charge is 0.243 e. The Bertz CT molecular complexity index is 783. The number of hydrogen-bond acceptors (Lipinski definition) is 0. The second-order valence-electron chi connectivity index (χ2n) is 14.0. The molecule has 0 fully saturated rings. The molecule has 0 aromatic carbocycles. The summed E-state index contributed by atoms with van der Waals surface area (Å²) in [5, 5.41) is 0. The predicted octanol–water partition coefficient (Wildman–Crippen LogP) is 11.5. The zero-order valence-corrected chi connectivity index (χ0v) is 29.9. The van der Waals surface area contributed by atoms with Crippen LogP contribution in [0.4, 0.5) is 0 Å². The van der Waals surface area contributed by atoms with Crippen LogP contribution in [-0.4, -0.2) is 9.13 Å². The van der Waals surface area contributed by atoms with Crippen molar-refractivity contribution in [2.75, 3.05) is 0 Å². The Labute approximate surface area is 275 Å². The van der Waals surface area contributed by atoms with Crippen LogP contribution < -0.4 is 9.13 Å². The molecule has 44 heavy (non-hydrogen) atoms. The topological polar surface area (TPSA) is 17.6 Å². The third kappa shape index (κ3) is 22.0. The fourth-order valence-electron chi connectivity index (χ4n) is 6.62. The van der Waals surface area contributed by atoms with Crippen molar-refractivity contribution < 1.29 is 9.13 Å². The van der Waals surface area contributed by atoms with Gasteiger partial charge in [-0.1, -0.05) is 142 Å². The van der Waals surface area contributed by atoms with Crippen LogP contribution in [-0.2, 0) is 26.2 Å². The third-order valence-electron chi connectivity index (χ3n) is 9.61. The number of imidazole rings is 2. The van der Waals surface area contributed by atoms with Crippen molar-refractivity contribution >= 4 is 0 Å². The van der Waals surface area contributed by atoms with Crippen molar-refractivity contribution in [3.05, 3.63) is 37.4 Å². The van der Waals surface area contributed by atoms with E-state index in [4.69, 9.17) is 0 Å². The van der Waals surface area contributed by atoms with Gasteiger partial charge in [0.25, 0.3) is 0 Å². The first-order valence-corrected chi connectivity index (χ1v) is 19.9. The molecule has 2 aromatic heterocycles. The molecule has 0 spiro atoms. The van der Waals surface area contributed by atoms with Crippen molar-refractivity contribution in [2.24, 2.45) is 0 Å². The van der Waals surface area contributed by atoms with Crippen LogP contribution in [0.25, 0.3) is 0 Å².